The molecule has 0 saturated heterocycles. The van der Waals surface area contributed by atoms with E-state index in [4.69, 9.17) is 9.47 Å². The van der Waals surface area contributed by atoms with Crippen molar-refractivity contribution in [3.8, 4) is 0 Å². The predicted octanol–water partition coefficient (Wildman–Crippen LogP) is -0.554. The van der Waals surface area contributed by atoms with Crippen LogP contribution in [0.25, 0.3) is 0 Å². The number of aliphatic hydroxyl groups excluding tert-OH is 2. The molecule has 0 aromatic carbocycles. The van der Waals surface area contributed by atoms with Crippen molar-refractivity contribution >= 4 is 5.97 Å². The zero-order chi connectivity index (χ0) is 13.0. The highest BCUT2D eigenvalue weighted by Crippen LogP contribution is 2.31. The third kappa shape index (κ3) is 3.04. The Balaban J connectivity index is 2.83. The van der Waals surface area contributed by atoms with Crippen molar-refractivity contribution in [3.05, 3.63) is 11.6 Å². The SMILES string of the molecule is COC(=O)C1=CC(O)CC1C(O)C(OC)OC. The Morgan fingerprint density at radius 1 is 1.41 bits per heavy atom. The maximum Gasteiger partial charge on any atom is 0.333 e. The largest absolute Gasteiger partial charge is 0.466 e. The Labute approximate surface area is 99.8 Å². The minimum Gasteiger partial charge on any atom is -0.466 e. The third-order valence-electron chi connectivity index (χ3n) is 2.84. The summed E-state index contributed by atoms with van der Waals surface area (Å²) in [7, 11) is 4.04. The average Bonchev–Trinajstić information content (AvgIpc) is 2.71. The Bertz CT molecular complexity index is 296. The van der Waals surface area contributed by atoms with E-state index in [1.807, 2.05) is 0 Å². The lowest BCUT2D eigenvalue weighted by atomic mass is 9.94. The van der Waals surface area contributed by atoms with E-state index in [0.717, 1.165) is 0 Å². The molecule has 0 amide bonds. The zero-order valence-electron chi connectivity index (χ0n) is 10.1. The molecule has 0 radical (unpaired) electrons. The first-order valence-corrected chi connectivity index (χ1v) is 5.26. The van der Waals surface area contributed by atoms with Crippen LogP contribution in [0.3, 0.4) is 0 Å². The Hall–Kier alpha value is -0.950. The molecule has 6 heteroatoms. The molecule has 0 saturated carbocycles. The molecule has 0 aromatic rings. The first-order valence-electron chi connectivity index (χ1n) is 5.26. The number of methoxy groups -OCH3 is 3. The van der Waals surface area contributed by atoms with Crippen molar-refractivity contribution in [3.63, 3.8) is 0 Å². The fourth-order valence-electron chi connectivity index (χ4n) is 2.01. The van der Waals surface area contributed by atoms with E-state index in [1.165, 1.54) is 27.4 Å². The molecule has 0 aliphatic heterocycles. The Kier molecular flexibility index (Phi) is 5.07. The van der Waals surface area contributed by atoms with E-state index < -0.39 is 30.4 Å². The highest BCUT2D eigenvalue weighted by molar-refractivity contribution is 5.89. The summed E-state index contributed by atoms with van der Waals surface area (Å²) in [6, 6.07) is 0. The van der Waals surface area contributed by atoms with Crippen LogP contribution in [0.15, 0.2) is 11.6 Å². The second-order valence-electron chi connectivity index (χ2n) is 3.85. The number of hydrogen-bond acceptors (Lipinski definition) is 6. The molecule has 2 N–H and O–H groups in total. The summed E-state index contributed by atoms with van der Waals surface area (Å²) in [6.07, 6.45) is -1.01. The molecular formula is C11H18O6. The molecule has 1 rings (SSSR count). The van der Waals surface area contributed by atoms with Crippen molar-refractivity contribution in [1.82, 2.24) is 0 Å². The van der Waals surface area contributed by atoms with Crippen LogP contribution in [0.2, 0.25) is 0 Å². The lowest BCUT2D eigenvalue weighted by Crippen LogP contribution is -2.38. The van der Waals surface area contributed by atoms with Gasteiger partial charge >= 0.3 is 5.97 Å². The monoisotopic (exact) mass is 246 g/mol. The topological polar surface area (TPSA) is 85.2 Å². The highest BCUT2D eigenvalue weighted by atomic mass is 16.7. The average molecular weight is 246 g/mol. The molecule has 17 heavy (non-hydrogen) atoms. The first kappa shape index (κ1) is 14.1. The summed E-state index contributed by atoms with van der Waals surface area (Å²) in [6.45, 7) is 0. The molecule has 0 spiro atoms. The molecule has 3 unspecified atom stereocenters. The second kappa shape index (κ2) is 6.11. The van der Waals surface area contributed by atoms with Crippen molar-refractivity contribution in [2.45, 2.75) is 24.9 Å². The number of aliphatic hydroxyl groups is 2. The number of carbonyl (C=O) groups is 1. The maximum absolute atomic E-state index is 11.5. The standard InChI is InChI=1S/C11H18O6/c1-15-10(14)8-5-6(12)4-7(8)9(13)11(16-2)17-3/h5-7,9,11-13H,4H2,1-3H3. The number of ether oxygens (including phenoxy) is 3. The van der Waals surface area contributed by atoms with E-state index >= 15 is 0 Å². The van der Waals surface area contributed by atoms with Gasteiger partial charge in [-0.25, -0.2) is 4.79 Å². The van der Waals surface area contributed by atoms with Crippen molar-refractivity contribution < 1.29 is 29.2 Å². The van der Waals surface area contributed by atoms with Crippen LogP contribution >= 0.6 is 0 Å². The molecule has 0 bridgehead atoms. The normalized spacial score (nSPS) is 25.9. The van der Waals surface area contributed by atoms with Gasteiger partial charge in [0.1, 0.15) is 6.10 Å². The van der Waals surface area contributed by atoms with Crippen LogP contribution in [-0.4, -0.2) is 56.0 Å². The Morgan fingerprint density at radius 3 is 2.47 bits per heavy atom. The minimum atomic E-state index is -1.03. The van der Waals surface area contributed by atoms with E-state index in [2.05, 4.69) is 4.74 Å². The van der Waals surface area contributed by atoms with Crippen LogP contribution in [0.1, 0.15) is 6.42 Å². The Morgan fingerprint density at radius 2 is 2.00 bits per heavy atom. The number of carbonyl (C=O) groups excluding carboxylic acids is 1. The predicted molar refractivity (Wildman–Crippen MR) is 58.0 cm³/mol. The molecule has 0 heterocycles. The minimum absolute atomic E-state index is 0.245. The third-order valence-corrected chi connectivity index (χ3v) is 2.84. The lowest BCUT2D eigenvalue weighted by Gasteiger charge is -2.26. The molecule has 0 fully saturated rings. The van der Waals surface area contributed by atoms with E-state index in [-0.39, 0.29) is 12.0 Å². The van der Waals surface area contributed by atoms with Gasteiger partial charge in [-0.1, -0.05) is 0 Å². The quantitative estimate of drug-likeness (QED) is 0.500. The van der Waals surface area contributed by atoms with E-state index in [0.29, 0.717) is 0 Å². The van der Waals surface area contributed by atoms with Gasteiger partial charge in [-0.2, -0.15) is 0 Å². The fourth-order valence-corrected chi connectivity index (χ4v) is 2.01. The van der Waals surface area contributed by atoms with Gasteiger partial charge in [-0.3, -0.25) is 0 Å². The van der Waals surface area contributed by atoms with E-state index in [9.17, 15) is 15.0 Å². The van der Waals surface area contributed by atoms with Gasteiger partial charge in [-0.05, 0) is 12.5 Å². The van der Waals surface area contributed by atoms with Crippen LogP contribution < -0.4 is 0 Å². The summed E-state index contributed by atoms with van der Waals surface area (Å²) in [5, 5.41) is 19.5. The number of hydrogen-bond donors (Lipinski definition) is 2. The van der Waals surface area contributed by atoms with Gasteiger partial charge in [0.2, 0.25) is 0 Å². The van der Waals surface area contributed by atoms with Gasteiger partial charge < -0.3 is 24.4 Å². The first-order chi connectivity index (χ1) is 8.04. The summed E-state index contributed by atoms with van der Waals surface area (Å²) >= 11 is 0. The molecule has 6 nitrogen and oxygen atoms in total. The molecule has 1 aliphatic rings. The van der Waals surface area contributed by atoms with Crippen LogP contribution in [0.4, 0.5) is 0 Å². The van der Waals surface area contributed by atoms with Gasteiger partial charge in [0.05, 0.1) is 13.2 Å². The number of rotatable bonds is 5. The van der Waals surface area contributed by atoms with Gasteiger partial charge in [0, 0.05) is 25.7 Å². The lowest BCUT2D eigenvalue weighted by molar-refractivity contribution is -0.177. The molecule has 98 valence electrons. The smallest absolute Gasteiger partial charge is 0.333 e. The van der Waals surface area contributed by atoms with Crippen molar-refractivity contribution in [2.75, 3.05) is 21.3 Å². The second-order valence-corrected chi connectivity index (χ2v) is 3.85. The molecule has 3 atom stereocenters. The molecule has 1 aliphatic carbocycles. The number of esters is 1. The summed E-state index contributed by atoms with van der Waals surface area (Å²) in [5.41, 5.74) is 0.256. The van der Waals surface area contributed by atoms with Crippen LogP contribution in [0, 0.1) is 5.92 Å². The van der Waals surface area contributed by atoms with Gasteiger partial charge in [0.15, 0.2) is 6.29 Å². The van der Waals surface area contributed by atoms with E-state index in [1.54, 1.807) is 0 Å². The zero-order valence-corrected chi connectivity index (χ0v) is 10.1. The molecule has 0 aromatic heterocycles. The fraction of sp³-hybridized carbons (Fsp3) is 0.727. The van der Waals surface area contributed by atoms with Crippen molar-refractivity contribution in [1.29, 1.82) is 0 Å². The highest BCUT2D eigenvalue weighted by Gasteiger charge is 2.39. The van der Waals surface area contributed by atoms with Crippen LogP contribution in [-0.2, 0) is 19.0 Å². The summed E-state index contributed by atoms with van der Waals surface area (Å²) in [5.74, 6) is -1.11. The summed E-state index contributed by atoms with van der Waals surface area (Å²) in [4.78, 5) is 11.5. The van der Waals surface area contributed by atoms with Gasteiger partial charge in [-0.15, -0.1) is 0 Å². The summed E-state index contributed by atoms with van der Waals surface area (Å²) < 4.78 is 14.5. The van der Waals surface area contributed by atoms with Crippen LogP contribution in [0.5, 0.6) is 0 Å². The van der Waals surface area contributed by atoms with Crippen molar-refractivity contribution in [2.24, 2.45) is 5.92 Å². The van der Waals surface area contributed by atoms with Gasteiger partial charge in [0.25, 0.3) is 0 Å². The molecular weight excluding hydrogens is 228 g/mol. The maximum atomic E-state index is 11.5.